The predicted octanol–water partition coefficient (Wildman–Crippen LogP) is 5.25. The molecule has 1 aromatic heterocycles. The molecular weight excluding hydrogens is 356 g/mol. The van der Waals surface area contributed by atoms with Gasteiger partial charge in [-0.15, -0.1) is 0 Å². The van der Waals surface area contributed by atoms with Crippen LogP contribution in [0.15, 0.2) is 72.8 Å². The number of para-hydroxylation sites is 1. The van der Waals surface area contributed by atoms with Crippen molar-refractivity contribution in [3.63, 3.8) is 0 Å². The molecule has 0 saturated heterocycles. The van der Waals surface area contributed by atoms with Gasteiger partial charge >= 0.3 is 0 Å². The van der Waals surface area contributed by atoms with Crippen LogP contribution in [-0.2, 0) is 19.4 Å². The van der Waals surface area contributed by atoms with E-state index < -0.39 is 0 Å². The van der Waals surface area contributed by atoms with Crippen molar-refractivity contribution in [3.8, 4) is 5.75 Å². The average Bonchev–Trinajstić information content (AvgIpc) is 3.38. The topological polar surface area (TPSA) is 28.3 Å². The number of aromatic amines is 1. The van der Waals surface area contributed by atoms with Crippen LogP contribution in [-0.4, -0.2) is 23.0 Å². The molecule has 0 spiro atoms. The monoisotopic (exact) mass is 380 g/mol. The summed E-state index contributed by atoms with van der Waals surface area (Å²) in [7, 11) is 0. The summed E-state index contributed by atoms with van der Waals surface area (Å²) in [6.45, 7) is 2.81. The molecule has 3 heterocycles. The fourth-order valence-electron chi connectivity index (χ4n) is 5.03. The first kappa shape index (κ1) is 16.9. The van der Waals surface area contributed by atoms with Gasteiger partial charge in [-0.25, -0.2) is 0 Å². The van der Waals surface area contributed by atoms with Gasteiger partial charge in [0.1, 0.15) is 5.75 Å². The van der Waals surface area contributed by atoms with Gasteiger partial charge in [0, 0.05) is 36.1 Å². The zero-order chi connectivity index (χ0) is 19.2. The SMILES string of the molecule is c1ccc(CN2CCc3c([nH]c4ccccc34)[C@@H]2c2ccc3c(c2)CCO3)cc1. The molecule has 1 N–H and O–H groups in total. The Morgan fingerprint density at radius 2 is 1.79 bits per heavy atom. The molecule has 0 saturated carbocycles. The van der Waals surface area contributed by atoms with Gasteiger partial charge in [-0.3, -0.25) is 4.90 Å². The van der Waals surface area contributed by atoms with Crippen LogP contribution in [0, 0.1) is 0 Å². The summed E-state index contributed by atoms with van der Waals surface area (Å²) in [6, 6.07) is 26.6. The number of nitrogens with one attached hydrogen (secondary N) is 1. The lowest BCUT2D eigenvalue weighted by Crippen LogP contribution is -2.35. The third kappa shape index (κ3) is 2.85. The Hall–Kier alpha value is -3.04. The standard InChI is InChI=1S/C26H24N2O/c1-2-6-18(7-3-1)17-28-14-12-22-21-8-4-5-9-23(21)27-25(22)26(28)20-10-11-24-19(16-20)13-15-29-24/h1-11,16,26-27H,12-15,17H2/t26-/m0/s1. The highest BCUT2D eigenvalue weighted by Gasteiger charge is 2.32. The van der Waals surface area contributed by atoms with Gasteiger partial charge in [0.15, 0.2) is 0 Å². The van der Waals surface area contributed by atoms with Gasteiger partial charge in [-0.2, -0.15) is 0 Å². The van der Waals surface area contributed by atoms with E-state index in [-0.39, 0.29) is 6.04 Å². The first-order valence-corrected chi connectivity index (χ1v) is 10.5. The average molecular weight is 380 g/mol. The number of nitrogens with zero attached hydrogens (tertiary/aromatic N) is 1. The smallest absolute Gasteiger partial charge is 0.122 e. The zero-order valence-corrected chi connectivity index (χ0v) is 16.4. The molecule has 0 unspecified atom stereocenters. The molecule has 6 rings (SSSR count). The summed E-state index contributed by atoms with van der Waals surface area (Å²) in [5.41, 5.74) is 8.14. The molecule has 4 aromatic rings. The number of hydrogen-bond donors (Lipinski definition) is 1. The number of hydrogen-bond acceptors (Lipinski definition) is 2. The zero-order valence-electron chi connectivity index (χ0n) is 16.4. The quantitative estimate of drug-likeness (QED) is 0.526. The minimum Gasteiger partial charge on any atom is -0.493 e. The minimum atomic E-state index is 0.234. The third-order valence-corrected chi connectivity index (χ3v) is 6.39. The highest BCUT2D eigenvalue weighted by molar-refractivity contribution is 5.85. The first-order chi connectivity index (χ1) is 14.4. The molecule has 3 nitrogen and oxygen atoms in total. The van der Waals surface area contributed by atoms with E-state index in [1.54, 1.807) is 0 Å². The largest absolute Gasteiger partial charge is 0.493 e. The van der Waals surface area contributed by atoms with Crippen LogP contribution < -0.4 is 4.74 Å². The van der Waals surface area contributed by atoms with E-state index in [0.29, 0.717) is 0 Å². The highest BCUT2D eigenvalue weighted by Crippen LogP contribution is 2.40. The summed E-state index contributed by atoms with van der Waals surface area (Å²) in [4.78, 5) is 6.39. The predicted molar refractivity (Wildman–Crippen MR) is 116 cm³/mol. The van der Waals surface area contributed by atoms with E-state index in [4.69, 9.17) is 4.74 Å². The molecule has 0 radical (unpaired) electrons. The summed E-state index contributed by atoms with van der Waals surface area (Å²) in [6.07, 6.45) is 2.09. The Balaban J connectivity index is 1.48. The van der Waals surface area contributed by atoms with Crippen LogP contribution in [0.25, 0.3) is 10.9 Å². The summed E-state index contributed by atoms with van der Waals surface area (Å²) >= 11 is 0. The molecule has 3 aromatic carbocycles. The van der Waals surface area contributed by atoms with Crippen LogP contribution in [0.4, 0.5) is 0 Å². The molecule has 29 heavy (non-hydrogen) atoms. The molecule has 3 heteroatoms. The lowest BCUT2D eigenvalue weighted by Gasteiger charge is -2.36. The summed E-state index contributed by atoms with van der Waals surface area (Å²) in [5, 5.41) is 1.37. The van der Waals surface area contributed by atoms with Crippen molar-refractivity contribution >= 4 is 10.9 Å². The van der Waals surface area contributed by atoms with Gasteiger partial charge in [-0.1, -0.05) is 60.7 Å². The molecule has 2 aliphatic rings. The molecular formula is C26H24N2O. The van der Waals surface area contributed by atoms with Crippen molar-refractivity contribution in [2.45, 2.75) is 25.4 Å². The van der Waals surface area contributed by atoms with Crippen molar-refractivity contribution in [3.05, 3.63) is 101 Å². The van der Waals surface area contributed by atoms with Crippen molar-refractivity contribution in [2.75, 3.05) is 13.2 Å². The second kappa shape index (κ2) is 6.78. The van der Waals surface area contributed by atoms with Crippen molar-refractivity contribution in [2.24, 2.45) is 0 Å². The first-order valence-electron chi connectivity index (χ1n) is 10.5. The van der Waals surface area contributed by atoms with Gasteiger partial charge in [-0.05, 0) is 40.8 Å². The second-order valence-electron chi connectivity index (χ2n) is 8.14. The molecule has 0 fully saturated rings. The Kier molecular flexibility index (Phi) is 3.95. The Morgan fingerprint density at radius 3 is 2.72 bits per heavy atom. The van der Waals surface area contributed by atoms with E-state index in [2.05, 4.69) is 82.7 Å². The van der Waals surface area contributed by atoms with E-state index >= 15 is 0 Å². The van der Waals surface area contributed by atoms with E-state index in [9.17, 15) is 0 Å². The maximum atomic E-state index is 5.76. The lowest BCUT2D eigenvalue weighted by molar-refractivity contribution is 0.202. The Labute approximate surface area is 170 Å². The van der Waals surface area contributed by atoms with Gasteiger partial charge < -0.3 is 9.72 Å². The van der Waals surface area contributed by atoms with Crippen molar-refractivity contribution < 1.29 is 4.74 Å². The van der Waals surface area contributed by atoms with Crippen LogP contribution in [0.2, 0.25) is 0 Å². The van der Waals surface area contributed by atoms with Crippen molar-refractivity contribution in [1.82, 2.24) is 9.88 Å². The van der Waals surface area contributed by atoms with Gasteiger partial charge in [0.05, 0.1) is 12.6 Å². The number of aromatic nitrogens is 1. The fourth-order valence-corrected chi connectivity index (χ4v) is 5.03. The number of ether oxygens (including phenoxy) is 1. The van der Waals surface area contributed by atoms with E-state index in [1.165, 1.54) is 38.9 Å². The lowest BCUT2D eigenvalue weighted by atomic mass is 9.91. The number of benzene rings is 3. The third-order valence-electron chi connectivity index (χ3n) is 6.39. The molecule has 2 aliphatic heterocycles. The molecule has 1 atom stereocenters. The minimum absolute atomic E-state index is 0.234. The summed E-state index contributed by atoms with van der Waals surface area (Å²) < 4.78 is 5.76. The van der Waals surface area contributed by atoms with Gasteiger partial charge in [0.25, 0.3) is 0 Å². The molecule has 0 bridgehead atoms. The Bertz CT molecular complexity index is 1180. The summed E-state index contributed by atoms with van der Waals surface area (Å²) in [5.74, 6) is 1.05. The van der Waals surface area contributed by atoms with E-state index in [0.717, 1.165) is 38.3 Å². The Morgan fingerprint density at radius 1 is 0.931 bits per heavy atom. The van der Waals surface area contributed by atoms with E-state index in [1.807, 2.05) is 0 Å². The van der Waals surface area contributed by atoms with Crippen LogP contribution in [0.5, 0.6) is 5.75 Å². The number of rotatable bonds is 3. The number of H-pyrrole nitrogens is 1. The second-order valence-corrected chi connectivity index (χ2v) is 8.14. The normalized spacial score (nSPS) is 18.4. The highest BCUT2D eigenvalue weighted by atomic mass is 16.5. The fraction of sp³-hybridized carbons (Fsp3) is 0.231. The molecule has 0 amide bonds. The maximum absolute atomic E-state index is 5.76. The van der Waals surface area contributed by atoms with Crippen LogP contribution >= 0.6 is 0 Å². The maximum Gasteiger partial charge on any atom is 0.122 e. The van der Waals surface area contributed by atoms with Gasteiger partial charge in [0.2, 0.25) is 0 Å². The molecule has 144 valence electrons. The van der Waals surface area contributed by atoms with Crippen LogP contribution in [0.1, 0.15) is 34.0 Å². The van der Waals surface area contributed by atoms with Crippen LogP contribution in [0.3, 0.4) is 0 Å². The molecule has 0 aliphatic carbocycles. The number of fused-ring (bicyclic) bond motifs is 4. The van der Waals surface area contributed by atoms with Crippen molar-refractivity contribution in [1.29, 1.82) is 0 Å².